The SMILES string of the molecule is c1nc(C2NCC23CCC3)cs1. The second-order valence-corrected chi connectivity index (χ2v) is 4.66. The van der Waals surface area contributed by atoms with E-state index in [1.165, 1.54) is 31.5 Å². The van der Waals surface area contributed by atoms with Gasteiger partial charge in [-0.3, -0.25) is 0 Å². The zero-order chi connectivity index (χ0) is 8.02. The van der Waals surface area contributed by atoms with Crippen LogP contribution in [0.4, 0.5) is 0 Å². The average molecular weight is 180 g/mol. The van der Waals surface area contributed by atoms with Gasteiger partial charge in [0.05, 0.1) is 17.2 Å². The molecule has 3 heteroatoms. The second kappa shape index (κ2) is 2.30. The van der Waals surface area contributed by atoms with Gasteiger partial charge in [-0.05, 0) is 12.8 Å². The summed E-state index contributed by atoms with van der Waals surface area (Å²) in [5.41, 5.74) is 3.82. The number of nitrogens with zero attached hydrogens (tertiary/aromatic N) is 1. The van der Waals surface area contributed by atoms with E-state index in [1.54, 1.807) is 11.3 Å². The van der Waals surface area contributed by atoms with Crippen LogP contribution in [0.2, 0.25) is 0 Å². The Bertz CT molecular complexity index is 271. The van der Waals surface area contributed by atoms with Crippen LogP contribution in [0.25, 0.3) is 0 Å². The molecule has 1 aromatic rings. The van der Waals surface area contributed by atoms with Crippen molar-refractivity contribution >= 4 is 11.3 Å². The van der Waals surface area contributed by atoms with Crippen molar-refractivity contribution in [3.05, 3.63) is 16.6 Å². The van der Waals surface area contributed by atoms with E-state index in [-0.39, 0.29) is 0 Å². The molecule has 64 valence electrons. The first kappa shape index (κ1) is 7.04. The molecule has 0 aromatic carbocycles. The lowest BCUT2D eigenvalue weighted by Gasteiger charge is -2.56. The van der Waals surface area contributed by atoms with Crippen LogP contribution < -0.4 is 5.32 Å². The summed E-state index contributed by atoms with van der Waals surface area (Å²) in [6, 6.07) is 0.581. The molecule has 1 aliphatic carbocycles. The fourth-order valence-corrected chi connectivity index (χ4v) is 2.95. The molecular formula is C9H12N2S. The highest BCUT2D eigenvalue weighted by atomic mass is 32.1. The van der Waals surface area contributed by atoms with Crippen molar-refractivity contribution in [3.8, 4) is 0 Å². The Balaban J connectivity index is 1.86. The minimum atomic E-state index is 0.581. The van der Waals surface area contributed by atoms with E-state index in [0.717, 1.165) is 0 Å². The molecule has 3 rings (SSSR count). The molecule has 1 aliphatic heterocycles. The van der Waals surface area contributed by atoms with Gasteiger partial charge in [0.25, 0.3) is 0 Å². The molecule has 0 radical (unpaired) electrons. The van der Waals surface area contributed by atoms with E-state index in [0.29, 0.717) is 11.5 Å². The van der Waals surface area contributed by atoms with E-state index in [2.05, 4.69) is 15.7 Å². The summed E-state index contributed by atoms with van der Waals surface area (Å²) in [5, 5.41) is 5.66. The summed E-state index contributed by atoms with van der Waals surface area (Å²) >= 11 is 1.70. The number of nitrogens with one attached hydrogen (secondary N) is 1. The highest BCUT2D eigenvalue weighted by Gasteiger charge is 2.51. The smallest absolute Gasteiger partial charge is 0.0795 e. The van der Waals surface area contributed by atoms with Crippen LogP contribution in [0.5, 0.6) is 0 Å². The quantitative estimate of drug-likeness (QED) is 0.714. The minimum Gasteiger partial charge on any atom is -0.307 e. The van der Waals surface area contributed by atoms with Crippen molar-refractivity contribution < 1.29 is 0 Å². The third kappa shape index (κ3) is 0.756. The van der Waals surface area contributed by atoms with Gasteiger partial charge in [-0.25, -0.2) is 4.98 Å². The van der Waals surface area contributed by atoms with Crippen molar-refractivity contribution in [2.45, 2.75) is 25.3 Å². The fourth-order valence-electron chi connectivity index (χ4n) is 2.37. The maximum Gasteiger partial charge on any atom is 0.0795 e. The van der Waals surface area contributed by atoms with Crippen molar-refractivity contribution in [1.29, 1.82) is 0 Å². The Labute approximate surface area is 76.0 Å². The minimum absolute atomic E-state index is 0.581. The average Bonchev–Trinajstić information content (AvgIpc) is 2.33. The van der Waals surface area contributed by atoms with Crippen molar-refractivity contribution in [2.24, 2.45) is 5.41 Å². The Morgan fingerprint density at radius 2 is 2.50 bits per heavy atom. The number of rotatable bonds is 1. The Morgan fingerprint density at radius 1 is 1.58 bits per heavy atom. The third-order valence-electron chi connectivity index (χ3n) is 3.37. The lowest BCUT2D eigenvalue weighted by atomic mass is 9.59. The molecule has 1 saturated heterocycles. The second-order valence-electron chi connectivity index (χ2n) is 3.94. The van der Waals surface area contributed by atoms with Gasteiger partial charge in [0.15, 0.2) is 0 Å². The lowest BCUT2D eigenvalue weighted by Crippen LogP contribution is -2.59. The van der Waals surface area contributed by atoms with Crippen LogP contribution >= 0.6 is 11.3 Å². The molecule has 1 N–H and O–H groups in total. The third-order valence-corrected chi connectivity index (χ3v) is 3.97. The summed E-state index contributed by atoms with van der Waals surface area (Å²) in [6.45, 7) is 1.22. The predicted molar refractivity (Wildman–Crippen MR) is 49.1 cm³/mol. The van der Waals surface area contributed by atoms with Gasteiger partial charge in [0.2, 0.25) is 0 Å². The molecular weight excluding hydrogens is 168 g/mol. The fraction of sp³-hybridized carbons (Fsp3) is 0.667. The topological polar surface area (TPSA) is 24.9 Å². The first-order chi connectivity index (χ1) is 5.91. The first-order valence-corrected chi connectivity index (χ1v) is 5.46. The van der Waals surface area contributed by atoms with Gasteiger partial charge in [-0.15, -0.1) is 11.3 Å². The van der Waals surface area contributed by atoms with Gasteiger partial charge < -0.3 is 5.32 Å². The van der Waals surface area contributed by atoms with E-state index in [9.17, 15) is 0 Å². The summed E-state index contributed by atoms with van der Waals surface area (Å²) in [5.74, 6) is 0. The molecule has 0 amide bonds. The molecule has 1 spiro atoms. The monoisotopic (exact) mass is 180 g/mol. The highest BCUT2D eigenvalue weighted by Crippen LogP contribution is 2.54. The molecule has 12 heavy (non-hydrogen) atoms. The Kier molecular flexibility index (Phi) is 1.35. The number of aromatic nitrogens is 1. The van der Waals surface area contributed by atoms with Crippen LogP contribution in [-0.4, -0.2) is 11.5 Å². The largest absolute Gasteiger partial charge is 0.307 e. The summed E-state index contributed by atoms with van der Waals surface area (Å²) in [4.78, 5) is 4.37. The molecule has 1 unspecified atom stereocenters. The summed E-state index contributed by atoms with van der Waals surface area (Å²) < 4.78 is 0. The Hall–Kier alpha value is -0.410. The van der Waals surface area contributed by atoms with E-state index in [1.807, 2.05) is 5.51 Å². The van der Waals surface area contributed by atoms with Crippen molar-refractivity contribution in [3.63, 3.8) is 0 Å². The van der Waals surface area contributed by atoms with Crippen LogP contribution in [0.1, 0.15) is 31.0 Å². The van der Waals surface area contributed by atoms with Crippen molar-refractivity contribution in [2.75, 3.05) is 6.54 Å². The van der Waals surface area contributed by atoms with Gasteiger partial charge >= 0.3 is 0 Å². The Morgan fingerprint density at radius 3 is 2.92 bits per heavy atom. The predicted octanol–water partition coefficient (Wildman–Crippen LogP) is 1.96. The van der Waals surface area contributed by atoms with Crippen LogP contribution in [0.3, 0.4) is 0 Å². The number of thiazole rings is 1. The van der Waals surface area contributed by atoms with Crippen molar-refractivity contribution in [1.82, 2.24) is 10.3 Å². The maximum atomic E-state index is 4.37. The number of hydrogen-bond acceptors (Lipinski definition) is 3. The van der Waals surface area contributed by atoms with Gasteiger partial charge in [-0.1, -0.05) is 6.42 Å². The maximum absolute atomic E-state index is 4.37. The molecule has 0 bridgehead atoms. The molecule has 1 atom stereocenters. The van der Waals surface area contributed by atoms with Crippen LogP contribution in [-0.2, 0) is 0 Å². The summed E-state index contributed by atoms with van der Waals surface area (Å²) in [7, 11) is 0. The van der Waals surface area contributed by atoms with Gasteiger partial charge in [0, 0.05) is 17.3 Å². The molecule has 2 fully saturated rings. The lowest BCUT2D eigenvalue weighted by molar-refractivity contribution is -0.00745. The van der Waals surface area contributed by atoms with Gasteiger partial charge in [0.1, 0.15) is 0 Å². The molecule has 2 heterocycles. The zero-order valence-electron chi connectivity index (χ0n) is 6.92. The molecule has 2 aliphatic rings. The zero-order valence-corrected chi connectivity index (χ0v) is 7.73. The molecule has 1 aromatic heterocycles. The van der Waals surface area contributed by atoms with E-state index < -0.39 is 0 Å². The first-order valence-electron chi connectivity index (χ1n) is 4.52. The standard InChI is InChI=1S/C9H12N2S/c1-2-9(3-1)5-10-8(9)7-4-12-6-11-7/h4,6,8,10H,1-3,5H2. The molecule has 1 saturated carbocycles. The summed E-state index contributed by atoms with van der Waals surface area (Å²) in [6.07, 6.45) is 4.23. The molecule has 2 nitrogen and oxygen atoms in total. The van der Waals surface area contributed by atoms with Gasteiger partial charge in [-0.2, -0.15) is 0 Å². The van der Waals surface area contributed by atoms with Crippen LogP contribution in [0, 0.1) is 5.41 Å². The number of hydrogen-bond donors (Lipinski definition) is 1. The van der Waals surface area contributed by atoms with Crippen LogP contribution in [0.15, 0.2) is 10.9 Å². The van der Waals surface area contributed by atoms with E-state index in [4.69, 9.17) is 0 Å². The van der Waals surface area contributed by atoms with E-state index >= 15 is 0 Å². The normalized spacial score (nSPS) is 31.2. The highest BCUT2D eigenvalue weighted by molar-refractivity contribution is 7.07.